The van der Waals surface area contributed by atoms with Gasteiger partial charge >= 0.3 is 5.97 Å². The quantitative estimate of drug-likeness (QED) is 0.750. The van der Waals surface area contributed by atoms with Gasteiger partial charge in [0.25, 0.3) is 0 Å². The minimum Gasteiger partial charge on any atom is -0.497 e. The number of piperidine rings is 1. The second kappa shape index (κ2) is 8.63. The Hall–Kier alpha value is -2.57. The normalized spacial score (nSPS) is 23.3. The number of carboxylic acid groups (broad SMARTS) is 1. The highest BCUT2D eigenvalue weighted by molar-refractivity contribution is 5.73. The first-order chi connectivity index (χ1) is 13.5. The largest absolute Gasteiger partial charge is 0.497 e. The van der Waals surface area contributed by atoms with E-state index in [4.69, 9.17) is 19.7 Å². The molecule has 6 heteroatoms. The maximum absolute atomic E-state index is 10.2. The molecular weight excluding hydrogens is 358 g/mol. The molecule has 0 bridgehead atoms. The van der Waals surface area contributed by atoms with Crippen molar-refractivity contribution in [2.24, 2.45) is 0 Å². The topological polar surface area (TPSA) is 88.0 Å². The van der Waals surface area contributed by atoms with Gasteiger partial charge < -0.3 is 25.0 Å². The Morgan fingerprint density at radius 1 is 1.32 bits per heavy atom. The summed E-state index contributed by atoms with van der Waals surface area (Å²) in [6.07, 6.45) is 1.15. The maximum atomic E-state index is 10.2. The molecule has 2 aliphatic rings. The summed E-state index contributed by atoms with van der Waals surface area (Å²) in [7, 11) is 1.72. The van der Waals surface area contributed by atoms with E-state index in [-0.39, 0.29) is 11.5 Å². The van der Waals surface area contributed by atoms with Gasteiger partial charge in [-0.2, -0.15) is 0 Å². The van der Waals surface area contributed by atoms with Crippen LogP contribution in [0.15, 0.2) is 48.5 Å². The fourth-order valence-corrected chi connectivity index (χ4v) is 4.02. The van der Waals surface area contributed by atoms with Crippen LogP contribution in [0.3, 0.4) is 0 Å². The van der Waals surface area contributed by atoms with Crippen LogP contribution >= 0.6 is 0 Å². The number of hydrogen-bond donors (Lipinski definition) is 3. The third kappa shape index (κ3) is 3.84. The van der Waals surface area contributed by atoms with Crippen molar-refractivity contribution in [1.82, 2.24) is 5.32 Å². The predicted octanol–water partition coefficient (Wildman–Crippen LogP) is 2.90. The molecule has 0 unspecified atom stereocenters. The summed E-state index contributed by atoms with van der Waals surface area (Å²) in [6, 6.07) is 14.4. The van der Waals surface area contributed by atoms with Gasteiger partial charge in [0, 0.05) is 17.5 Å². The summed E-state index contributed by atoms with van der Waals surface area (Å²) >= 11 is 0. The number of rotatable bonds is 4. The Labute approximate surface area is 165 Å². The van der Waals surface area contributed by atoms with Crippen molar-refractivity contribution in [2.45, 2.75) is 37.4 Å². The van der Waals surface area contributed by atoms with Crippen molar-refractivity contribution in [2.75, 3.05) is 20.2 Å². The average Bonchev–Trinajstić information content (AvgIpc) is 3.08. The second-order valence-corrected chi connectivity index (χ2v) is 7.08. The number of hydrogen-bond acceptors (Lipinski definition) is 5. The number of benzene rings is 2. The van der Waals surface area contributed by atoms with Crippen LogP contribution in [0.5, 0.6) is 11.5 Å². The number of nitrogens with one attached hydrogen (secondary N) is 1. The van der Waals surface area contributed by atoms with Crippen LogP contribution in [0.2, 0.25) is 0 Å². The Bertz CT molecular complexity index is 810. The first-order valence-corrected chi connectivity index (χ1v) is 9.53. The molecule has 6 nitrogen and oxygen atoms in total. The van der Waals surface area contributed by atoms with Gasteiger partial charge in [-0.1, -0.05) is 37.3 Å². The van der Waals surface area contributed by atoms with Gasteiger partial charge in [0.1, 0.15) is 17.6 Å². The molecule has 0 aliphatic carbocycles. The van der Waals surface area contributed by atoms with E-state index in [0.29, 0.717) is 5.56 Å². The SMILES string of the molecule is CC[C@@]12CCNC[C@@H]1Oc1ccc(OC)cc12.O=C(O)[C@H](O)c1ccccc1. The monoisotopic (exact) mass is 385 g/mol. The average molecular weight is 385 g/mol. The van der Waals surface area contributed by atoms with Gasteiger partial charge in [-0.25, -0.2) is 4.79 Å². The number of carbonyl (C=O) groups is 1. The van der Waals surface area contributed by atoms with Crippen molar-refractivity contribution < 1.29 is 24.5 Å². The van der Waals surface area contributed by atoms with Crippen LogP contribution in [0.4, 0.5) is 0 Å². The molecule has 0 amide bonds. The lowest BCUT2D eigenvalue weighted by Gasteiger charge is -2.37. The molecule has 3 atom stereocenters. The zero-order valence-electron chi connectivity index (χ0n) is 16.2. The minimum atomic E-state index is -1.41. The van der Waals surface area contributed by atoms with Gasteiger partial charge in [0.2, 0.25) is 0 Å². The standard InChI is InChI=1S/C14H19NO2.C8H8O3/c1-3-14-6-7-15-9-13(14)17-12-5-4-10(16-2)8-11(12)14;9-7(8(10)11)6-4-2-1-3-5-6/h4-5,8,13,15H,3,6-7,9H2,1-2H3;1-5,7,9H,(H,10,11)/t13-,14-;7-/m01/s1. The van der Waals surface area contributed by atoms with Crippen molar-refractivity contribution in [1.29, 1.82) is 0 Å². The fraction of sp³-hybridized carbons (Fsp3) is 0.409. The second-order valence-electron chi connectivity index (χ2n) is 7.08. The van der Waals surface area contributed by atoms with Crippen LogP contribution in [-0.2, 0) is 10.2 Å². The van der Waals surface area contributed by atoms with E-state index in [2.05, 4.69) is 18.3 Å². The summed E-state index contributed by atoms with van der Waals surface area (Å²) < 4.78 is 11.4. The number of aliphatic hydroxyl groups is 1. The van der Waals surface area contributed by atoms with Gasteiger partial charge in [0.15, 0.2) is 6.10 Å². The molecule has 150 valence electrons. The van der Waals surface area contributed by atoms with Crippen LogP contribution in [0, 0.1) is 0 Å². The Morgan fingerprint density at radius 2 is 2.07 bits per heavy atom. The molecule has 0 aromatic heterocycles. The number of ether oxygens (including phenoxy) is 2. The van der Waals surface area contributed by atoms with E-state index in [0.717, 1.165) is 37.4 Å². The molecular formula is C22H27NO5. The molecule has 4 rings (SSSR count). The molecule has 2 heterocycles. The van der Waals surface area contributed by atoms with E-state index in [1.165, 1.54) is 5.56 Å². The van der Waals surface area contributed by atoms with Gasteiger partial charge in [-0.05, 0) is 43.1 Å². The predicted molar refractivity (Wildman–Crippen MR) is 106 cm³/mol. The molecule has 1 saturated heterocycles. The number of aliphatic hydroxyl groups excluding tert-OH is 1. The first-order valence-electron chi connectivity index (χ1n) is 9.53. The van der Waals surface area contributed by atoms with Crippen LogP contribution in [-0.4, -0.2) is 42.5 Å². The van der Waals surface area contributed by atoms with E-state index >= 15 is 0 Å². The lowest BCUT2D eigenvalue weighted by Crippen LogP contribution is -2.50. The van der Waals surface area contributed by atoms with Crippen molar-refractivity contribution >= 4 is 5.97 Å². The smallest absolute Gasteiger partial charge is 0.337 e. The maximum Gasteiger partial charge on any atom is 0.337 e. The highest BCUT2D eigenvalue weighted by Gasteiger charge is 2.48. The number of methoxy groups -OCH3 is 1. The minimum absolute atomic E-state index is 0.190. The van der Waals surface area contributed by atoms with Gasteiger partial charge in [-0.15, -0.1) is 0 Å². The zero-order valence-corrected chi connectivity index (χ0v) is 16.2. The molecule has 0 saturated carbocycles. The summed E-state index contributed by atoms with van der Waals surface area (Å²) in [5, 5.41) is 20.8. The third-order valence-electron chi connectivity index (χ3n) is 5.67. The zero-order chi connectivity index (χ0) is 20.1. The lowest BCUT2D eigenvalue weighted by atomic mass is 9.71. The third-order valence-corrected chi connectivity index (χ3v) is 5.67. The highest BCUT2D eigenvalue weighted by Crippen LogP contribution is 2.49. The summed E-state index contributed by atoms with van der Waals surface area (Å²) in [5.41, 5.74) is 1.93. The molecule has 2 aliphatic heterocycles. The molecule has 2 aromatic rings. The Kier molecular flexibility index (Phi) is 6.21. The molecule has 3 N–H and O–H groups in total. The van der Waals surface area contributed by atoms with Gasteiger partial charge in [-0.3, -0.25) is 0 Å². The number of carboxylic acids is 1. The summed E-state index contributed by atoms with van der Waals surface area (Å²) in [6.45, 7) is 4.28. The van der Waals surface area contributed by atoms with Gasteiger partial charge in [0.05, 0.1) is 7.11 Å². The first kappa shape index (κ1) is 20.2. The van der Waals surface area contributed by atoms with Crippen LogP contribution < -0.4 is 14.8 Å². The molecule has 0 spiro atoms. The molecule has 2 aromatic carbocycles. The number of aliphatic carboxylic acids is 1. The van der Waals surface area contributed by atoms with E-state index in [1.807, 2.05) is 12.1 Å². The van der Waals surface area contributed by atoms with E-state index in [1.54, 1.807) is 37.4 Å². The summed E-state index contributed by atoms with van der Waals surface area (Å²) in [5.74, 6) is 0.747. The van der Waals surface area contributed by atoms with E-state index in [9.17, 15) is 4.79 Å². The van der Waals surface area contributed by atoms with E-state index < -0.39 is 12.1 Å². The highest BCUT2D eigenvalue weighted by atomic mass is 16.5. The molecule has 1 fully saturated rings. The Balaban J connectivity index is 0.000000178. The number of fused-ring (bicyclic) bond motifs is 3. The van der Waals surface area contributed by atoms with Crippen LogP contribution in [0.1, 0.15) is 37.0 Å². The molecule has 0 radical (unpaired) electrons. The molecule has 28 heavy (non-hydrogen) atoms. The summed E-state index contributed by atoms with van der Waals surface area (Å²) in [4.78, 5) is 10.2. The Morgan fingerprint density at radius 3 is 2.71 bits per heavy atom. The van der Waals surface area contributed by atoms with Crippen LogP contribution in [0.25, 0.3) is 0 Å². The van der Waals surface area contributed by atoms with Crippen molar-refractivity contribution in [3.05, 3.63) is 59.7 Å². The van der Waals surface area contributed by atoms with Crippen molar-refractivity contribution in [3.63, 3.8) is 0 Å². The lowest BCUT2D eigenvalue weighted by molar-refractivity contribution is -0.146. The van der Waals surface area contributed by atoms with Crippen molar-refractivity contribution in [3.8, 4) is 11.5 Å². The fourth-order valence-electron chi connectivity index (χ4n) is 4.02.